The highest BCUT2D eigenvalue weighted by molar-refractivity contribution is 5.83. The fourth-order valence-corrected chi connectivity index (χ4v) is 3.16. The Kier molecular flexibility index (Phi) is 3.61. The molecule has 0 bridgehead atoms. The Morgan fingerprint density at radius 3 is 2.65 bits per heavy atom. The number of aliphatic hydroxyl groups excluding tert-OH is 1. The van der Waals surface area contributed by atoms with Gasteiger partial charge in [0.25, 0.3) is 0 Å². The van der Waals surface area contributed by atoms with Crippen molar-refractivity contribution in [2.75, 3.05) is 19.9 Å². The fourth-order valence-electron chi connectivity index (χ4n) is 3.16. The number of hydrogen-bond acceptors (Lipinski definition) is 4. The van der Waals surface area contributed by atoms with Gasteiger partial charge < -0.3 is 9.84 Å². The molecule has 4 rings (SSSR count). The van der Waals surface area contributed by atoms with Gasteiger partial charge in [-0.2, -0.15) is 5.10 Å². The molecule has 3 aromatic rings. The van der Waals surface area contributed by atoms with E-state index in [1.165, 1.54) is 5.56 Å². The molecule has 0 spiro atoms. The maximum atomic E-state index is 9.91. The monoisotopic (exact) mass is 309 g/mol. The SMILES string of the molecule is OCC1(c2nn(Cc3ccccc3)c3ccccc23)CNCO1. The molecular weight excluding hydrogens is 290 g/mol. The molecule has 2 heterocycles. The van der Waals surface area contributed by atoms with Crippen molar-refractivity contribution in [2.45, 2.75) is 12.1 Å². The second kappa shape index (κ2) is 5.77. The van der Waals surface area contributed by atoms with Crippen molar-refractivity contribution in [3.05, 3.63) is 65.9 Å². The lowest BCUT2D eigenvalue weighted by Gasteiger charge is -2.22. The molecule has 0 saturated carbocycles. The minimum Gasteiger partial charge on any atom is -0.393 e. The normalized spacial score (nSPS) is 21.1. The van der Waals surface area contributed by atoms with Gasteiger partial charge in [-0.1, -0.05) is 48.5 Å². The summed E-state index contributed by atoms with van der Waals surface area (Å²) in [5, 5.41) is 18.9. The molecule has 1 aliphatic heterocycles. The molecule has 1 saturated heterocycles. The van der Waals surface area contributed by atoms with E-state index in [0.717, 1.165) is 16.6 Å². The molecule has 0 radical (unpaired) electrons. The highest BCUT2D eigenvalue weighted by atomic mass is 16.5. The molecule has 23 heavy (non-hydrogen) atoms. The van der Waals surface area contributed by atoms with Gasteiger partial charge in [0.05, 0.1) is 25.4 Å². The number of hydrogen-bond donors (Lipinski definition) is 2. The molecule has 2 N–H and O–H groups in total. The van der Waals surface area contributed by atoms with Crippen LogP contribution in [0.15, 0.2) is 54.6 Å². The maximum absolute atomic E-state index is 9.91. The smallest absolute Gasteiger partial charge is 0.149 e. The van der Waals surface area contributed by atoms with Gasteiger partial charge in [0.15, 0.2) is 0 Å². The zero-order valence-corrected chi connectivity index (χ0v) is 12.8. The average molecular weight is 309 g/mol. The van der Waals surface area contributed by atoms with Crippen molar-refractivity contribution in [1.29, 1.82) is 0 Å². The van der Waals surface area contributed by atoms with Crippen LogP contribution in [0, 0.1) is 0 Å². The quantitative estimate of drug-likeness (QED) is 0.772. The molecule has 5 heteroatoms. The van der Waals surface area contributed by atoms with Crippen LogP contribution in [-0.2, 0) is 16.9 Å². The third-order valence-electron chi connectivity index (χ3n) is 4.38. The molecule has 2 aromatic carbocycles. The highest BCUT2D eigenvalue weighted by Crippen LogP contribution is 2.33. The molecule has 0 aliphatic carbocycles. The summed E-state index contributed by atoms with van der Waals surface area (Å²) >= 11 is 0. The first-order valence-electron chi connectivity index (χ1n) is 7.78. The molecule has 0 amide bonds. The summed E-state index contributed by atoms with van der Waals surface area (Å²) in [5.41, 5.74) is 2.28. The molecule has 1 unspecified atom stereocenters. The van der Waals surface area contributed by atoms with E-state index in [1.807, 2.05) is 41.1 Å². The zero-order valence-electron chi connectivity index (χ0n) is 12.8. The minimum absolute atomic E-state index is 0.0909. The summed E-state index contributed by atoms with van der Waals surface area (Å²) in [6.45, 7) is 1.60. The third kappa shape index (κ3) is 2.43. The number of fused-ring (bicyclic) bond motifs is 1. The van der Waals surface area contributed by atoms with Gasteiger partial charge in [0.2, 0.25) is 0 Å². The summed E-state index contributed by atoms with van der Waals surface area (Å²) in [4.78, 5) is 0. The number of benzene rings is 2. The van der Waals surface area contributed by atoms with Gasteiger partial charge in [-0.25, -0.2) is 0 Å². The molecule has 5 nitrogen and oxygen atoms in total. The van der Waals surface area contributed by atoms with Crippen LogP contribution in [0.3, 0.4) is 0 Å². The third-order valence-corrected chi connectivity index (χ3v) is 4.38. The van der Waals surface area contributed by atoms with Crippen LogP contribution in [0.1, 0.15) is 11.3 Å². The Labute approximate surface area is 134 Å². The van der Waals surface area contributed by atoms with Crippen LogP contribution in [-0.4, -0.2) is 34.8 Å². The molecule has 1 atom stereocenters. The predicted octanol–water partition coefficient (Wildman–Crippen LogP) is 1.85. The van der Waals surface area contributed by atoms with Gasteiger partial charge >= 0.3 is 0 Å². The summed E-state index contributed by atoms with van der Waals surface area (Å²) in [6.07, 6.45) is 0. The standard InChI is InChI=1S/C18H19N3O2/c22-12-18(11-19-13-23-18)17-15-8-4-5-9-16(15)21(20-17)10-14-6-2-1-3-7-14/h1-9,19,22H,10-13H2. The van der Waals surface area contributed by atoms with Crippen LogP contribution >= 0.6 is 0 Å². The van der Waals surface area contributed by atoms with Crippen LogP contribution < -0.4 is 5.32 Å². The number of aliphatic hydroxyl groups is 1. The number of rotatable bonds is 4. The van der Waals surface area contributed by atoms with Crippen molar-refractivity contribution in [3.63, 3.8) is 0 Å². The predicted molar refractivity (Wildman–Crippen MR) is 88.0 cm³/mol. The van der Waals surface area contributed by atoms with Crippen LogP contribution in [0.2, 0.25) is 0 Å². The van der Waals surface area contributed by atoms with E-state index in [2.05, 4.69) is 23.5 Å². The Morgan fingerprint density at radius 1 is 1.13 bits per heavy atom. The first-order valence-corrected chi connectivity index (χ1v) is 7.78. The number of nitrogens with one attached hydrogen (secondary N) is 1. The lowest BCUT2D eigenvalue weighted by molar-refractivity contribution is -0.0382. The summed E-state index contributed by atoms with van der Waals surface area (Å²) < 4.78 is 7.80. The van der Waals surface area contributed by atoms with Gasteiger partial charge in [0, 0.05) is 11.9 Å². The Balaban J connectivity index is 1.83. The van der Waals surface area contributed by atoms with Crippen LogP contribution in [0.5, 0.6) is 0 Å². The topological polar surface area (TPSA) is 59.3 Å². The number of ether oxygens (including phenoxy) is 1. The maximum Gasteiger partial charge on any atom is 0.149 e. The Bertz CT molecular complexity index is 808. The van der Waals surface area contributed by atoms with Crippen molar-refractivity contribution in [1.82, 2.24) is 15.1 Å². The van der Waals surface area contributed by atoms with E-state index in [9.17, 15) is 5.11 Å². The highest BCUT2D eigenvalue weighted by Gasteiger charge is 2.40. The van der Waals surface area contributed by atoms with E-state index in [4.69, 9.17) is 9.84 Å². The Hall–Kier alpha value is -2.21. The lowest BCUT2D eigenvalue weighted by Crippen LogP contribution is -2.35. The van der Waals surface area contributed by atoms with Crippen molar-refractivity contribution < 1.29 is 9.84 Å². The first kappa shape index (κ1) is 14.4. The van der Waals surface area contributed by atoms with Gasteiger partial charge in [-0.05, 0) is 11.6 Å². The summed E-state index contributed by atoms with van der Waals surface area (Å²) in [6, 6.07) is 18.3. The lowest BCUT2D eigenvalue weighted by atomic mass is 9.98. The van der Waals surface area contributed by atoms with Crippen molar-refractivity contribution >= 4 is 10.9 Å². The summed E-state index contributed by atoms with van der Waals surface area (Å²) in [7, 11) is 0. The van der Waals surface area contributed by atoms with E-state index in [1.54, 1.807) is 0 Å². The Morgan fingerprint density at radius 2 is 1.91 bits per heavy atom. The zero-order chi connectivity index (χ0) is 15.7. The number of nitrogens with zero attached hydrogens (tertiary/aromatic N) is 2. The van der Waals surface area contributed by atoms with Gasteiger partial charge in [-0.3, -0.25) is 10.00 Å². The minimum atomic E-state index is -0.762. The summed E-state index contributed by atoms with van der Waals surface area (Å²) in [5.74, 6) is 0. The van der Waals surface area contributed by atoms with E-state index in [0.29, 0.717) is 19.8 Å². The van der Waals surface area contributed by atoms with Crippen LogP contribution in [0.25, 0.3) is 10.9 Å². The van der Waals surface area contributed by atoms with Crippen LogP contribution in [0.4, 0.5) is 0 Å². The van der Waals surface area contributed by atoms with E-state index >= 15 is 0 Å². The largest absolute Gasteiger partial charge is 0.393 e. The molecule has 1 fully saturated rings. The van der Waals surface area contributed by atoms with E-state index < -0.39 is 5.60 Å². The van der Waals surface area contributed by atoms with E-state index in [-0.39, 0.29) is 6.61 Å². The molecule has 118 valence electrons. The number of para-hydroxylation sites is 1. The van der Waals surface area contributed by atoms with Gasteiger partial charge in [0.1, 0.15) is 11.3 Å². The molecule has 1 aromatic heterocycles. The fraction of sp³-hybridized carbons (Fsp3) is 0.278. The van der Waals surface area contributed by atoms with Gasteiger partial charge in [-0.15, -0.1) is 0 Å². The molecular formula is C18H19N3O2. The first-order chi connectivity index (χ1) is 11.3. The molecule has 1 aliphatic rings. The number of aromatic nitrogens is 2. The van der Waals surface area contributed by atoms with Crippen molar-refractivity contribution in [3.8, 4) is 0 Å². The second-order valence-corrected chi connectivity index (χ2v) is 5.88. The second-order valence-electron chi connectivity index (χ2n) is 5.88. The van der Waals surface area contributed by atoms with Crippen molar-refractivity contribution in [2.24, 2.45) is 0 Å². The average Bonchev–Trinajstić information content (AvgIpc) is 3.22.